The van der Waals surface area contributed by atoms with Crippen molar-refractivity contribution >= 4 is 35.0 Å². The van der Waals surface area contributed by atoms with Crippen LogP contribution in [0.1, 0.15) is 44.6 Å². The van der Waals surface area contributed by atoms with Crippen LogP contribution in [0.15, 0.2) is 36.4 Å². The smallest absolute Gasteiger partial charge is 0.261 e. The number of carbonyl (C=O) groups excluding carboxylic acids is 2. The predicted molar refractivity (Wildman–Crippen MR) is 137 cm³/mol. The molecule has 3 rings (SSSR count). The number of hydrogen-bond donors (Lipinski definition) is 1. The summed E-state index contributed by atoms with van der Waals surface area (Å²) in [6, 6.07) is 9.64. The summed E-state index contributed by atoms with van der Waals surface area (Å²) >= 11 is 12.8. The average Bonchev–Trinajstić information content (AvgIpc) is 3.36. The van der Waals surface area contributed by atoms with Gasteiger partial charge in [-0.15, -0.1) is 0 Å². The molecule has 190 valence electrons. The van der Waals surface area contributed by atoms with Gasteiger partial charge in [-0.3, -0.25) is 9.59 Å². The second-order valence-corrected chi connectivity index (χ2v) is 9.29. The van der Waals surface area contributed by atoms with Crippen molar-refractivity contribution in [2.75, 3.05) is 20.8 Å². The molecule has 0 spiro atoms. The number of nitrogens with zero attached hydrogens (tertiary/aromatic N) is 1. The molecule has 1 N–H and O–H groups in total. The average molecular weight is 523 g/mol. The summed E-state index contributed by atoms with van der Waals surface area (Å²) in [6.45, 7) is 1.67. The lowest BCUT2D eigenvalue weighted by Crippen LogP contribution is -2.52. The fraction of sp³-hybridized carbons (Fsp3) is 0.462. The molecule has 2 aromatic carbocycles. The molecule has 2 amide bonds. The second-order valence-electron chi connectivity index (χ2n) is 8.47. The van der Waals surface area contributed by atoms with Crippen molar-refractivity contribution < 1.29 is 23.8 Å². The van der Waals surface area contributed by atoms with Gasteiger partial charge in [-0.05, 0) is 31.4 Å². The first-order valence-corrected chi connectivity index (χ1v) is 12.5. The van der Waals surface area contributed by atoms with Gasteiger partial charge in [-0.1, -0.05) is 49.0 Å². The number of halogens is 2. The highest BCUT2D eigenvalue weighted by atomic mass is 35.5. The number of ether oxygens (including phenoxy) is 3. The van der Waals surface area contributed by atoms with Crippen molar-refractivity contribution in [2.45, 2.75) is 57.7 Å². The normalized spacial score (nSPS) is 14.3. The molecule has 1 fully saturated rings. The summed E-state index contributed by atoms with van der Waals surface area (Å²) in [5.74, 6) is 0.937. The summed E-state index contributed by atoms with van der Waals surface area (Å²) in [5.41, 5.74) is 0.583. The first kappa shape index (κ1) is 27.0. The minimum absolute atomic E-state index is 0.0821. The minimum Gasteiger partial charge on any atom is -0.496 e. The molecule has 1 aliphatic carbocycles. The van der Waals surface area contributed by atoms with E-state index in [9.17, 15) is 9.59 Å². The van der Waals surface area contributed by atoms with E-state index < -0.39 is 6.04 Å². The lowest BCUT2D eigenvalue weighted by Gasteiger charge is -2.32. The highest BCUT2D eigenvalue weighted by Gasteiger charge is 2.31. The van der Waals surface area contributed by atoms with Crippen LogP contribution in [0, 0.1) is 0 Å². The van der Waals surface area contributed by atoms with Gasteiger partial charge in [-0.2, -0.15) is 0 Å². The largest absolute Gasteiger partial charge is 0.496 e. The predicted octanol–water partition coefficient (Wildman–Crippen LogP) is 5.26. The molecule has 9 heteroatoms. The van der Waals surface area contributed by atoms with E-state index in [1.807, 2.05) is 6.92 Å². The molecule has 0 saturated heterocycles. The molecule has 0 aliphatic heterocycles. The Bertz CT molecular complexity index is 984. The fourth-order valence-electron chi connectivity index (χ4n) is 4.23. The molecule has 1 saturated carbocycles. The molecule has 0 aromatic heterocycles. The van der Waals surface area contributed by atoms with Crippen molar-refractivity contribution in [2.24, 2.45) is 0 Å². The van der Waals surface area contributed by atoms with Crippen molar-refractivity contribution in [1.29, 1.82) is 0 Å². The van der Waals surface area contributed by atoms with Crippen LogP contribution in [0.2, 0.25) is 10.0 Å². The Morgan fingerprint density at radius 2 is 1.60 bits per heavy atom. The van der Waals surface area contributed by atoms with E-state index in [4.69, 9.17) is 37.4 Å². The first-order valence-electron chi connectivity index (χ1n) is 11.7. The number of benzene rings is 2. The van der Waals surface area contributed by atoms with Crippen LogP contribution >= 0.6 is 23.2 Å². The van der Waals surface area contributed by atoms with Gasteiger partial charge >= 0.3 is 0 Å². The minimum atomic E-state index is -0.695. The Balaban J connectivity index is 1.83. The number of carbonyl (C=O) groups is 2. The van der Waals surface area contributed by atoms with E-state index in [0.717, 1.165) is 25.7 Å². The summed E-state index contributed by atoms with van der Waals surface area (Å²) in [4.78, 5) is 28.2. The fourth-order valence-corrected chi connectivity index (χ4v) is 4.75. The summed E-state index contributed by atoms with van der Waals surface area (Å²) in [7, 11) is 3.07. The zero-order chi connectivity index (χ0) is 25.4. The van der Waals surface area contributed by atoms with Crippen LogP contribution in [0.25, 0.3) is 0 Å². The second kappa shape index (κ2) is 12.9. The number of nitrogens with one attached hydrogen (secondary N) is 1. The standard InChI is InChI=1S/C26H32Cl2N2O5/c1-4-24(26(32)29-17-8-5-6-9-17)30(15-21-22(27)10-7-11-23(21)28)25(31)16-35-20-13-18(33-2)12-19(14-20)34-3/h7,10-14,17,24H,4-6,8-9,15-16H2,1-3H3,(H,29,32). The highest BCUT2D eigenvalue weighted by Crippen LogP contribution is 2.29. The van der Waals surface area contributed by atoms with E-state index >= 15 is 0 Å². The third kappa shape index (κ3) is 7.18. The third-order valence-electron chi connectivity index (χ3n) is 6.16. The molecule has 2 aromatic rings. The first-order chi connectivity index (χ1) is 16.9. The van der Waals surface area contributed by atoms with Gasteiger partial charge in [0.15, 0.2) is 6.61 Å². The lowest BCUT2D eigenvalue weighted by atomic mass is 10.1. The Morgan fingerprint density at radius 1 is 1.03 bits per heavy atom. The van der Waals surface area contributed by atoms with Crippen LogP contribution in [0.4, 0.5) is 0 Å². The van der Waals surface area contributed by atoms with Crippen LogP contribution in [-0.2, 0) is 16.1 Å². The van der Waals surface area contributed by atoms with Crippen LogP contribution < -0.4 is 19.5 Å². The maximum Gasteiger partial charge on any atom is 0.261 e. The molecular weight excluding hydrogens is 491 g/mol. The van der Waals surface area contributed by atoms with Crippen molar-refractivity contribution in [3.63, 3.8) is 0 Å². The molecule has 0 heterocycles. The Hall–Kier alpha value is -2.64. The molecule has 35 heavy (non-hydrogen) atoms. The van der Waals surface area contributed by atoms with Crippen molar-refractivity contribution in [3.8, 4) is 17.2 Å². The van der Waals surface area contributed by atoms with Gasteiger partial charge in [0, 0.05) is 46.4 Å². The molecular formula is C26H32Cl2N2O5. The van der Waals surface area contributed by atoms with Gasteiger partial charge in [0.2, 0.25) is 5.91 Å². The number of hydrogen-bond acceptors (Lipinski definition) is 5. The maximum atomic E-state index is 13.5. The molecule has 7 nitrogen and oxygen atoms in total. The van der Waals surface area contributed by atoms with Gasteiger partial charge in [0.1, 0.15) is 23.3 Å². The third-order valence-corrected chi connectivity index (χ3v) is 6.87. The molecule has 1 unspecified atom stereocenters. The van der Waals surface area contributed by atoms with Crippen LogP contribution in [0.5, 0.6) is 17.2 Å². The van der Waals surface area contributed by atoms with Crippen molar-refractivity contribution in [1.82, 2.24) is 10.2 Å². The van der Waals surface area contributed by atoms with Crippen LogP contribution in [0.3, 0.4) is 0 Å². The number of methoxy groups -OCH3 is 2. The number of amides is 2. The van der Waals surface area contributed by atoms with Crippen LogP contribution in [-0.4, -0.2) is 49.6 Å². The van der Waals surface area contributed by atoms with E-state index in [1.165, 1.54) is 19.1 Å². The molecule has 0 radical (unpaired) electrons. The van der Waals surface area contributed by atoms with Gasteiger partial charge < -0.3 is 24.4 Å². The number of rotatable bonds is 11. The Morgan fingerprint density at radius 3 is 2.14 bits per heavy atom. The monoisotopic (exact) mass is 522 g/mol. The quantitative estimate of drug-likeness (QED) is 0.435. The maximum absolute atomic E-state index is 13.5. The summed E-state index contributed by atoms with van der Waals surface area (Å²) in [6.07, 6.45) is 4.52. The zero-order valence-electron chi connectivity index (χ0n) is 20.3. The lowest BCUT2D eigenvalue weighted by molar-refractivity contribution is -0.143. The highest BCUT2D eigenvalue weighted by molar-refractivity contribution is 6.36. The van der Waals surface area contributed by atoms with E-state index in [1.54, 1.807) is 36.4 Å². The van der Waals surface area contributed by atoms with Crippen molar-refractivity contribution in [3.05, 3.63) is 52.0 Å². The summed E-state index contributed by atoms with van der Waals surface area (Å²) < 4.78 is 16.3. The topological polar surface area (TPSA) is 77.1 Å². The Labute approximate surface area is 216 Å². The molecule has 1 aliphatic rings. The van der Waals surface area contributed by atoms with Gasteiger partial charge in [-0.25, -0.2) is 0 Å². The van der Waals surface area contributed by atoms with E-state index in [2.05, 4.69) is 5.32 Å². The SMILES string of the molecule is CCC(C(=O)NC1CCCC1)N(Cc1c(Cl)cccc1Cl)C(=O)COc1cc(OC)cc(OC)c1. The Kier molecular flexibility index (Phi) is 9.93. The zero-order valence-corrected chi connectivity index (χ0v) is 21.8. The van der Waals surface area contributed by atoms with Gasteiger partial charge in [0.25, 0.3) is 5.91 Å². The van der Waals surface area contributed by atoms with E-state index in [0.29, 0.717) is 39.3 Å². The van der Waals surface area contributed by atoms with E-state index in [-0.39, 0.29) is 31.0 Å². The molecule has 1 atom stereocenters. The molecule has 0 bridgehead atoms. The summed E-state index contributed by atoms with van der Waals surface area (Å²) in [5, 5.41) is 3.97. The van der Waals surface area contributed by atoms with Gasteiger partial charge in [0.05, 0.1) is 14.2 Å².